The summed E-state index contributed by atoms with van der Waals surface area (Å²) in [4.78, 5) is 29.2. The molecule has 0 N–H and O–H groups in total. The van der Waals surface area contributed by atoms with Crippen molar-refractivity contribution in [1.29, 1.82) is 0 Å². The van der Waals surface area contributed by atoms with Crippen molar-refractivity contribution in [3.05, 3.63) is 58.6 Å². The molecule has 0 bridgehead atoms. The van der Waals surface area contributed by atoms with Crippen LogP contribution in [0.15, 0.2) is 42.5 Å². The standard InChI is InChI=1S/C21H23ClN2O4/c1-27-18-9-6-16(14-19(18)28-2)21(26)24-11-3-10-23(12-13-24)20(25)15-4-7-17(22)8-5-15/h4-9,14H,3,10-13H2,1-2H3. The van der Waals surface area contributed by atoms with E-state index in [1.165, 1.54) is 7.11 Å². The fourth-order valence-electron chi connectivity index (χ4n) is 3.25. The number of ether oxygens (including phenoxy) is 2. The van der Waals surface area contributed by atoms with Crippen LogP contribution in [0, 0.1) is 0 Å². The van der Waals surface area contributed by atoms with E-state index in [0.29, 0.717) is 53.8 Å². The third-order valence-electron chi connectivity index (χ3n) is 4.79. The summed E-state index contributed by atoms with van der Waals surface area (Å²) < 4.78 is 10.5. The number of amides is 2. The molecule has 3 rings (SSSR count). The van der Waals surface area contributed by atoms with Gasteiger partial charge in [0.25, 0.3) is 11.8 Å². The molecule has 28 heavy (non-hydrogen) atoms. The second-order valence-corrected chi connectivity index (χ2v) is 6.95. The molecule has 1 aliphatic heterocycles. The van der Waals surface area contributed by atoms with Crippen LogP contribution in [0.25, 0.3) is 0 Å². The summed E-state index contributed by atoms with van der Waals surface area (Å²) in [5.41, 5.74) is 1.14. The number of benzene rings is 2. The molecule has 148 valence electrons. The van der Waals surface area contributed by atoms with Gasteiger partial charge in [0.2, 0.25) is 0 Å². The lowest BCUT2D eigenvalue weighted by Gasteiger charge is -2.22. The number of methoxy groups -OCH3 is 2. The van der Waals surface area contributed by atoms with Gasteiger partial charge in [-0.2, -0.15) is 0 Å². The highest BCUT2D eigenvalue weighted by Crippen LogP contribution is 2.28. The third-order valence-corrected chi connectivity index (χ3v) is 5.04. The molecule has 2 amide bonds. The van der Waals surface area contributed by atoms with Gasteiger partial charge in [0.15, 0.2) is 11.5 Å². The Morgan fingerprint density at radius 2 is 1.32 bits per heavy atom. The summed E-state index contributed by atoms with van der Waals surface area (Å²) in [6.45, 7) is 2.17. The predicted molar refractivity (Wildman–Crippen MR) is 107 cm³/mol. The molecule has 0 aliphatic carbocycles. The lowest BCUT2D eigenvalue weighted by Crippen LogP contribution is -2.37. The number of hydrogen-bond donors (Lipinski definition) is 0. The number of rotatable bonds is 4. The van der Waals surface area contributed by atoms with Crippen molar-refractivity contribution in [1.82, 2.24) is 9.80 Å². The molecule has 6 nitrogen and oxygen atoms in total. The van der Waals surface area contributed by atoms with E-state index in [-0.39, 0.29) is 11.8 Å². The van der Waals surface area contributed by atoms with Crippen LogP contribution in [-0.4, -0.2) is 62.0 Å². The second-order valence-electron chi connectivity index (χ2n) is 6.51. The number of nitrogens with zero attached hydrogens (tertiary/aromatic N) is 2. The van der Waals surface area contributed by atoms with E-state index >= 15 is 0 Å². The Labute approximate surface area is 169 Å². The molecule has 0 atom stereocenters. The van der Waals surface area contributed by atoms with E-state index in [2.05, 4.69) is 0 Å². The van der Waals surface area contributed by atoms with Gasteiger partial charge in [-0.15, -0.1) is 0 Å². The van der Waals surface area contributed by atoms with Crippen LogP contribution >= 0.6 is 11.6 Å². The molecule has 0 unspecified atom stereocenters. The Kier molecular flexibility index (Phi) is 6.41. The summed E-state index contributed by atoms with van der Waals surface area (Å²) in [5.74, 6) is 0.969. The lowest BCUT2D eigenvalue weighted by atomic mass is 10.1. The van der Waals surface area contributed by atoms with Crippen LogP contribution in [0.1, 0.15) is 27.1 Å². The van der Waals surface area contributed by atoms with Gasteiger partial charge < -0.3 is 19.3 Å². The first-order chi connectivity index (χ1) is 13.5. The highest BCUT2D eigenvalue weighted by Gasteiger charge is 2.24. The molecule has 0 radical (unpaired) electrons. The lowest BCUT2D eigenvalue weighted by molar-refractivity contribution is 0.0718. The molecule has 7 heteroatoms. The largest absolute Gasteiger partial charge is 0.493 e. The van der Waals surface area contributed by atoms with E-state index in [9.17, 15) is 9.59 Å². The minimum atomic E-state index is -0.0817. The molecule has 1 heterocycles. The summed E-state index contributed by atoms with van der Waals surface area (Å²) in [5, 5.41) is 0.596. The Morgan fingerprint density at radius 3 is 1.89 bits per heavy atom. The number of carbonyl (C=O) groups excluding carboxylic acids is 2. The highest BCUT2D eigenvalue weighted by molar-refractivity contribution is 6.30. The summed E-state index contributed by atoms with van der Waals surface area (Å²) in [6.07, 6.45) is 0.721. The van der Waals surface area contributed by atoms with Gasteiger partial charge in [-0.1, -0.05) is 11.6 Å². The maximum absolute atomic E-state index is 12.9. The summed E-state index contributed by atoms with van der Waals surface area (Å²) in [7, 11) is 3.10. The Hall–Kier alpha value is -2.73. The van der Waals surface area contributed by atoms with Gasteiger partial charge in [-0.05, 0) is 48.9 Å². The van der Waals surface area contributed by atoms with Gasteiger partial charge in [0.05, 0.1) is 14.2 Å². The monoisotopic (exact) mass is 402 g/mol. The zero-order chi connectivity index (χ0) is 20.1. The van der Waals surface area contributed by atoms with Crippen LogP contribution < -0.4 is 9.47 Å². The van der Waals surface area contributed by atoms with Crippen molar-refractivity contribution >= 4 is 23.4 Å². The van der Waals surface area contributed by atoms with Crippen molar-refractivity contribution in [2.45, 2.75) is 6.42 Å². The van der Waals surface area contributed by atoms with E-state index in [1.807, 2.05) is 0 Å². The van der Waals surface area contributed by atoms with Crippen LogP contribution in [0.4, 0.5) is 0 Å². The predicted octanol–water partition coefficient (Wildman–Crippen LogP) is 3.35. The third kappa shape index (κ3) is 4.39. The first-order valence-corrected chi connectivity index (χ1v) is 9.47. The first-order valence-electron chi connectivity index (χ1n) is 9.09. The molecular weight excluding hydrogens is 380 g/mol. The SMILES string of the molecule is COc1ccc(C(=O)N2CCCN(C(=O)c3ccc(Cl)cc3)CC2)cc1OC. The topological polar surface area (TPSA) is 59.1 Å². The Morgan fingerprint density at radius 1 is 0.786 bits per heavy atom. The van der Waals surface area contributed by atoms with Crippen molar-refractivity contribution in [3.63, 3.8) is 0 Å². The molecule has 0 saturated carbocycles. The van der Waals surface area contributed by atoms with Gasteiger partial charge >= 0.3 is 0 Å². The second kappa shape index (κ2) is 8.97. The Balaban J connectivity index is 1.68. The number of hydrogen-bond acceptors (Lipinski definition) is 4. The van der Waals surface area contributed by atoms with E-state index in [0.717, 1.165) is 6.42 Å². The van der Waals surface area contributed by atoms with Crippen molar-refractivity contribution < 1.29 is 19.1 Å². The average Bonchev–Trinajstić information content (AvgIpc) is 2.99. The zero-order valence-corrected chi connectivity index (χ0v) is 16.7. The zero-order valence-electron chi connectivity index (χ0n) is 16.0. The normalized spacial score (nSPS) is 14.4. The van der Waals surface area contributed by atoms with Crippen LogP contribution in [0.5, 0.6) is 11.5 Å². The van der Waals surface area contributed by atoms with Crippen LogP contribution in [0.2, 0.25) is 5.02 Å². The molecule has 0 spiro atoms. The summed E-state index contributed by atoms with van der Waals surface area (Å²) >= 11 is 5.90. The maximum Gasteiger partial charge on any atom is 0.254 e. The van der Waals surface area contributed by atoms with E-state index in [4.69, 9.17) is 21.1 Å². The fraction of sp³-hybridized carbons (Fsp3) is 0.333. The van der Waals surface area contributed by atoms with E-state index < -0.39 is 0 Å². The quantitative estimate of drug-likeness (QED) is 0.787. The highest BCUT2D eigenvalue weighted by atomic mass is 35.5. The van der Waals surface area contributed by atoms with Gasteiger partial charge in [0.1, 0.15) is 0 Å². The molecule has 2 aromatic rings. The number of halogens is 1. The van der Waals surface area contributed by atoms with Gasteiger partial charge in [-0.25, -0.2) is 0 Å². The maximum atomic E-state index is 12.9. The van der Waals surface area contributed by atoms with Gasteiger partial charge in [0, 0.05) is 42.3 Å². The van der Waals surface area contributed by atoms with Crippen molar-refractivity contribution in [2.75, 3.05) is 40.4 Å². The van der Waals surface area contributed by atoms with Crippen LogP contribution in [-0.2, 0) is 0 Å². The Bertz CT molecular complexity index is 854. The minimum Gasteiger partial charge on any atom is -0.493 e. The average molecular weight is 403 g/mol. The van der Waals surface area contributed by atoms with Gasteiger partial charge in [-0.3, -0.25) is 9.59 Å². The molecule has 1 fully saturated rings. The molecule has 1 aliphatic rings. The van der Waals surface area contributed by atoms with Crippen LogP contribution in [0.3, 0.4) is 0 Å². The molecule has 0 aromatic heterocycles. The smallest absolute Gasteiger partial charge is 0.254 e. The molecule has 2 aromatic carbocycles. The minimum absolute atomic E-state index is 0.0444. The fourth-order valence-corrected chi connectivity index (χ4v) is 3.38. The number of carbonyl (C=O) groups is 2. The summed E-state index contributed by atoms with van der Waals surface area (Å²) in [6, 6.07) is 12.0. The molecular formula is C21H23ClN2O4. The van der Waals surface area contributed by atoms with Crippen molar-refractivity contribution in [2.24, 2.45) is 0 Å². The van der Waals surface area contributed by atoms with E-state index in [1.54, 1.807) is 59.4 Å². The van der Waals surface area contributed by atoms with Crippen molar-refractivity contribution in [3.8, 4) is 11.5 Å². The molecule has 1 saturated heterocycles. The first kappa shape index (κ1) is 20.0.